The molecule has 0 saturated carbocycles. The number of nitrogens with two attached hydrogens (primary N) is 1. The first-order valence-corrected chi connectivity index (χ1v) is 7.23. The fraction of sp³-hybridized carbons (Fsp3) is 0.400. The molecule has 0 saturated heterocycles. The predicted molar refractivity (Wildman–Crippen MR) is 92.3 cm³/mol. The molecule has 0 aliphatic heterocycles. The van der Waals surface area contributed by atoms with Crippen LogP contribution < -0.4 is 22.2 Å². The average Bonchev–Trinajstić information content (AvgIpc) is 2.53. The highest BCUT2D eigenvalue weighted by Crippen LogP contribution is 2.16. The van der Waals surface area contributed by atoms with Crippen molar-refractivity contribution in [2.45, 2.75) is 32.2 Å². The van der Waals surface area contributed by atoms with Crippen molar-refractivity contribution in [1.82, 2.24) is 15.3 Å². The monoisotopic (exact) mass is 340 g/mol. The van der Waals surface area contributed by atoms with Gasteiger partial charge in [0.25, 0.3) is 5.91 Å². The lowest BCUT2D eigenvalue weighted by molar-refractivity contribution is 0.0895. The molecular weight excluding hydrogens is 320 g/mol. The molecule has 0 aliphatic rings. The summed E-state index contributed by atoms with van der Waals surface area (Å²) in [5.41, 5.74) is 5.15. The molecule has 126 valence electrons. The van der Waals surface area contributed by atoms with Gasteiger partial charge in [-0.25, -0.2) is 0 Å². The van der Waals surface area contributed by atoms with E-state index in [1.807, 2.05) is 13.8 Å². The summed E-state index contributed by atoms with van der Waals surface area (Å²) in [5.74, 6) is -0.261. The smallest absolute Gasteiger partial charge is 0.314 e. The van der Waals surface area contributed by atoms with Gasteiger partial charge in [-0.3, -0.25) is 14.4 Å². The maximum atomic E-state index is 12.4. The van der Waals surface area contributed by atoms with Crippen LogP contribution in [0.25, 0.3) is 11.0 Å². The third-order valence-electron chi connectivity index (χ3n) is 4.11. The van der Waals surface area contributed by atoms with Crippen molar-refractivity contribution >= 4 is 29.3 Å². The molecule has 23 heavy (non-hydrogen) atoms. The van der Waals surface area contributed by atoms with Crippen LogP contribution in [0, 0.1) is 0 Å². The number of carbonyl (C=O) groups excluding carboxylic acids is 1. The van der Waals surface area contributed by atoms with Crippen LogP contribution in [-0.2, 0) is 0 Å². The van der Waals surface area contributed by atoms with Gasteiger partial charge in [0.15, 0.2) is 0 Å². The molecular formula is C15H21ClN4O3. The molecule has 5 N–H and O–H groups in total. The molecule has 0 atom stereocenters. The first-order valence-electron chi connectivity index (χ1n) is 7.23. The highest BCUT2D eigenvalue weighted by atomic mass is 35.5. The Bertz CT molecular complexity index is 800. The van der Waals surface area contributed by atoms with E-state index in [2.05, 4.69) is 15.3 Å². The molecule has 0 bridgehead atoms. The van der Waals surface area contributed by atoms with Gasteiger partial charge in [-0.05, 0) is 31.0 Å². The van der Waals surface area contributed by atoms with E-state index in [-0.39, 0.29) is 18.3 Å². The fourth-order valence-corrected chi connectivity index (χ4v) is 2.34. The van der Waals surface area contributed by atoms with Gasteiger partial charge in [-0.2, -0.15) is 0 Å². The number of H-pyrrole nitrogens is 2. The topological polar surface area (TPSA) is 121 Å². The number of halogens is 1. The van der Waals surface area contributed by atoms with Crippen LogP contribution in [0.4, 0.5) is 0 Å². The number of hydrogen-bond acceptors (Lipinski definition) is 4. The Kier molecular flexibility index (Phi) is 6.12. The fourth-order valence-electron chi connectivity index (χ4n) is 2.34. The summed E-state index contributed by atoms with van der Waals surface area (Å²) >= 11 is 0. The first-order chi connectivity index (χ1) is 10.4. The maximum Gasteiger partial charge on any atom is 0.314 e. The van der Waals surface area contributed by atoms with Gasteiger partial charge in [0.05, 0.1) is 16.6 Å². The lowest BCUT2D eigenvalue weighted by atomic mass is 9.92. The van der Waals surface area contributed by atoms with Gasteiger partial charge in [0.2, 0.25) is 0 Å². The second-order valence-corrected chi connectivity index (χ2v) is 5.31. The Morgan fingerprint density at radius 1 is 1.13 bits per heavy atom. The molecule has 0 aliphatic carbocycles. The molecule has 8 heteroatoms. The Morgan fingerprint density at radius 2 is 1.70 bits per heavy atom. The van der Waals surface area contributed by atoms with Gasteiger partial charge in [-0.1, -0.05) is 13.8 Å². The van der Waals surface area contributed by atoms with E-state index in [0.717, 1.165) is 12.8 Å². The molecule has 0 spiro atoms. The van der Waals surface area contributed by atoms with Crippen LogP contribution in [0.5, 0.6) is 0 Å². The standard InChI is InChI=1S/C15H20N4O3.ClH/c1-3-15(4-2,8-16)19-12(20)9-5-6-10-11(7-9)18-14(22)13(21)17-10;/h5-7H,3-4,8,16H2,1-2H3,(H,17,21)(H,18,22)(H,19,20);1H. The van der Waals surface area contributed by atoms with E-state index in [1.54, 1.807) is 12.1 Å². The zero-order valence-corrected chi connectivity index (χ0v) is 13.9. The molecule has 1 aromatic carbocycles. The second kappa shape index (κ2) is 7.43. The lowest BCUT2D eigenvalue weighted by Crippen LogP contribution is -2.52. The SMILES string of the molecule is CCC(CC)(CN)NC(=O)c1ccc2[nH]c(=O)c(=O)[nH]c2c1.Cl. The van der Waals surface area contributed by atoms with E-state index >= 15 is 0 Å². The molecule has 1 amide bonds. The molecule has 2 aromatic rings. The van der Waals surface area contributed by atoms with Crippen molar-refractivity contribution in [3.8, 4) is 0 Å². The Labute approximate surface area is 139 Å². The molecule has 7 nitrogen and oxygen atoms in total. The zero-order chi connectivity index (χ0) is 16.3. The minimum atomic E-state index is -0.747. The van der Waals surface area contributed by atoms with Gasteiger partial charge in [0, 0.05) is 12.1 Å². The number of benzene rings is 1. The summed E-state index contributed by atoms with van der Waals surface area (Å²) in [5, 5.41) is 2.96. The average molecular weight is 341 g/mol. The number of fused-ring (bicyclic) bond motifs is 1. The van der Waals surface area contributed by atoms with E-state index in [4.69, 9.17) is 5.73 Å². The summed E-state index contributed by atoms with van der Waals surface area (Å²) in [6.07, 6.45) is 1.45. The normalized spacial score (nSPS) is 11.1. The lowest BCUT2D eigenvalue weighted by Gasteiger charge is -2.31. The van der Waals surface area contributed by atoms with Crippen LogP contribution >= 0.6 is 12.4 Å². The van der Waals surface area contributed by atoms with E-state index < -0.39 is 16.7 Å². The van der Waals surface area contributed by atoms with Crippen molar-refractivity contribution in [2.24, 2.45) is 5.73 Å². The number of hydrogen-bond donors (Lipinski definition) is 4. The molecule has 0 radical (unpaired) electrons. The third kappa shape index (κ3) is 3.80. The molecule has 1 heterocycles. The minimum absolute atomic E-state index is 0. The van der Waals surface area contributed by atoms with Crippen molar-refractivity contribution < 1.29 is 4.79 Å². The number of aromatic amines is 2. The van der Waals surface area contributed by atoms with Crippen molar-refractivity contribution in [2.75, 3.05) is 6.54 Å². The Hall–Kier alpha value is -2.12. The predicted octanol–water partition coefficient (Wildman–Crippen LogP) is 0.886. The van der Waals surface area contributed by atoms with Gasteiger partial charge in [0.1, 0.15) is 0 Å². The quantitative estimate of drug-likeness (QED) is 0.604. The second-order valence-electron chi connectivity index (χ2n) is 5.31. The molecule has 0 fully saturated rings. The summed E-state index contributed by atoms with van der Waals surface area (Å²) in [4.78, 5) is 39.9. The molecule has 2 rings (SSSR count). The maximum absolute atomic E-state index is 12.4. The molecule has 0 unspecified atom stereocenters. The van der Waals surface area contributed by atoms with Crippen LogP contribution in [0.3, 0.4) is 0 Å². The Balaban J connectivity index is 0.00000264. The van der Waals surface area contributed by atoms with E-state index in [0.29, 0.717) is 23.1 Å². The van der Waals surface area contributed by atoms with Crippen LogP contribution in [-0.4, -0.2) is 28.0 Å². The van der Waals surface area contributed by atoms with Gasteiger partial charge in [-0.15, -0.1) is 12.4 Å². The van der Waals surface area contributed by atoms with Crippen molar-refractivity contribution in [3.05, 3.63) is 44.5 Å². The minimum Gasteiger partial charge on any atom is -0.345 e. The number of carbonyl (C=O) groups is 1. The zero-order valence-electron chi connectivity index (χ0n) is 13.1. The summed E-state index contributed by atoms with van der Waals surface area (Å²) in [6, 6.07) is 4.72. The van der Waals surface area contributed by atoms with Crippen LogP contribution in [0.1, 0.15) is 37.0 Å². The third-order valence-corrected chi connectivity index (χ3v) is 4.11. The summed E-state index contributed by atoms with van der Waals surface area (Å²) in [7, 11) is 0. The molecule has 1 aromatic heterocycles. The summed E-state index contributed by atoms with van der Waals surface area (Å²) in [6.45, 7) is 4.29. The van der Waals surface area contributed by atoms with Gasteiger partial charge < -0.3 is 21.0 Å². The number of amides is 1. The highest BCUT2D eigenvalue weighted by molar-refractivity contribution is 5.97. The van der Waals surface area contributed by atoms with Crippen LogP contribution in [0.15, 0.2) is 27.8 Å². The first kappa shape index (κ1) is 18.9. The number of nitrogens with one attached hydrogen (secondary N) is 3. The van der Waals surface area contributed by atoms with Crippen molar-refractivity contribution in [3.63, 3.8) is 0 Å². The number of aromatic nitrogens is 2. The largest absolute Gasteiger partial charge is 0.345 e. The summed E-state index contributed by atoms with van der Waals surface area (Å²) < 4.78 is 0. The Morgan fingerprint density at radius 3 is 2.22 bits per heavy atom. The van der Waals surface area contributed by atoms with Crippen molar-refractivity contribution in [1.29, 1.82) is 0 Å². The van der Waals surface area contributed by atoms with Gasteiger partial charge >= 0.3 is 11.1 Å². The van der Waals surface area contributed by atoms with E-state index in [1.165, 1.54) is 6.07 Å². The van der Waals surface area contributed by atoms with E-state index in [9.17, 15) is 14.4 Å². The number of rotatable bonds is 5. The highest BCUT2D eigenvalue weighted by Gasteiger charge is 2.26. The van der Waals surface area contributed by atoms with Crippen LogP contribution in [0.2, 0.25) is 0 Å².